The lowest BCUT2D eigenvalue weighted by molar-refractivity contribution is -0.116. The number of anilines is 2. The van der Waals surface area contributed by atoms with Crippen LogP contribution in [0.2, 0.25) is 0 Å². The van der Waals surface area contributed by atoms with Crippen LogP contribution in [0.5, 0.6) is 17.2 Å². The van der Waals surface area contributed by atoms with Crippen molar-refractivity contribution in [3.05, 3.63) is 87.5 Å². The van der Waals surface area contributed by atoms with E-state index in [1.165, 1.54) is 0 Å². The Balaban J connectivity index is 1.48. The Hall–Kier alpha value is -3.45. The SMILES string of the molecule is COc1ccccc1C1CC(=O)C2=C(C1)Nc1ccccc1NC2c1cc2c(cc1Br)OCO2. The van der Waals surface area contributed by atoms with Crippen molar-refractivity contribution in [3.8, 4) is 17.2 Å². The van der Waals surface area contributed by atoms with E-state index in [0.717, 1.165) is 44.0 Å². The van der Waals surface area contributed by atoms with Crippen LogP contribution < -0.4 is 24.8 Å². The second-order valence-corrected chi connectivity index (χ2v) is 9.49. The highest BCUT2D eigenvalue weighted by molar-refractivity contribution is 9.10. The Bertz CT molecular complexity index is 1340. The molecule has 34 heavy (non-hydrogen) atoms. The highest BCUT2D eigenvalue weighted by Crippen LogP contribution is 2.48. The number of allylic oxidation sites excluding steroid dienone is 1. The van der Waals surface area contributed by atoms with E-state index in [9.17, 15) is 4.79 Å². The average Bonchev–Trinajstić information content (AvgIpc) is 3.23. The number of halogens is 1. The Labute approximate surface area is 206 Å². The maximum Gasteiger partial charge on any atom is 0.231 e. The number of hydrogen-bond acceptors (Lipinski definition) is 6. The summed E-state index contributed by atoms with van der Waals surface area (Å²) < 4.78 is 17.7. The molecule has 6 rings (SSSR count). The molecule has 2 N–H and O–H groups in total. The summed E-state index contributed by atoms with van der Waals surface area (Å²) in [6.07, 6.45) is 1.12. The van der Waals surface area contributed by atoms with Crippen molar-refractivity contribution in [2.45, 2.75) is 24.8 Å². The van der Waals surface area contributed by atoms with Crippen molar-refractivity contribution < 1.29 is 19.0 Å². The minimum atomic E-state index is -0.346. The maximum atomic E-state index is 13.8. The molecule has 7 heteroatoms. The van der Waals surface area contributed by atoms with E-state index in [4.69, 9.17) is 14.2 Å². The van der Waals surface area contributed by atoms with E-state index >= 15 is 0 Å². The topological polar surface area (TPSA) is 68.8 Å². The number of ether oxygens (including phenoxy) is 3. The van der Waals surface area contributed by atoms with Crippen LogP contribution in [0.1, 0.15) is 35.9 Å². The monoisotopic (exact) mass is 518 g/mol. The number of nitrogens with one attached hydrogen (secondary N) is 2. The fraction of sp³-hybridized carbons (Fsp3) is 0.222. The number of methoxy groups -OCH3 is 1. The largest absolute Gasteiger partial charge is 0.496 e. The number of rotatable bonds is 3. The number of para-hydroxylation sites is 3. The van der Waals surface area contributed by atoms with E-state index in [1.54, 1.807) is 7.11 Å². The number of carbonyl (C=O) groups excluding carboxylic acids is 1. The second kappa shape index (κ2) is 8.40. The van der Waals surface area contributed by atoms with Crippen LogP contribution in [-0.4, -0.2) is 19.7 Å². The lowest BCUT2D eigenvalue weighted by Crippen LogP contribution is -2.27. The lowest BCUT2D eigenvalue weighted by Gasteiger charge is -2.30. The molecule has 3 aliphatic rings. The van der Waals surface area contributed by atoms with E-state index in [2.05, 4.69) is 32.6 Å². The highest BCUT2D eigenvalue weighted by Gasteiger charge is 2.38. The molecule has 0 fully saturated rings. The van der Waals surface area contributed by atoms with Crippen LogP contribution in [0, 0.1) is 0 Å². The molecule has 0 amide bonds. The lowest BCUT2D eigenvalue weighted by atomic mass is 9.78. The van der Waals surface area contributed by atoms with Crippen LogP contribution in [0.4, 0.5) is 11.4 Å². The Morgan fingerprint density at radius 3 is 2.50 bits per heavy atom. The molecule has 2 heterocycles. The fourth-order valence-corrected chi connectivity index (χ4v) is 5.65. The Morgan fingerprint density at radius 2 is 1.68 bits per heavy atom. The molecule has 2 atom stereocenters. The molecule has 2 aliphatic heterocycles. The molecule has 0 aromatic heterocycles. The van der Waals surface area contributed by atoms with Gasteiger partial charge in [-0.1, -0.05) is 46.3 Å². The van der Waals surface area contributed by atoms with Gasteiger partial charge in [0.15, 0.2) is 17.3 Å². The van der Waals surface area contributed by atoms with Gasteiger partial charge in [0, 0.05) is 28.1 Å². The molecule has 0 radical (unpaired) electrons. The molecule has 0 spiro atoms. The third-order valence-corrected chi connectivity index (χ3v) is 7.38. The summed E-state index contributed by atoms with van der Waals surface area (Å²) in [4.78, 5) is 13.8. The number of ketones is 1. The van der Waals surface area contributed by atoms with Crippen molar-refractivity contribution in [3.63, 3.8) is 0 Å². The summed E-state index contributed by atoms with van der Waals surface area (Å²) >= 11 is 3.71. The first-order chi connectivity index (χ1) is 16.6. The number of fused-ring (bicyclic) bond motifs is 2. The van der Waals surface area contributed by atoms with E-state index in [1.807, 2.05) is 54.6 Å². The molecule has 2 unspecified atom stereocenters. The first-order valence-electron chi connectivity index (χ1n) is 11.2. The Morgan fingerprint density at radius 1 is 0.941 bits per heavy atom. The zero-order valence-electron chi connectivity index (χ0n) is 18.6. The minimum Gasteiger partial charge on any atom is -0.496 e. The molecule has 172 valence electrons. The first kappa shape index (κ1) is 21.1. The highest BCUT2D eigenvalue weighted by atomic mass is 79.9. The summed E-state index contributed by atoms with van der Waals surface area (Å²) in [6.45, 7) is 0.196. The Kier molecular flexibility index (Phi) is 5.21. The molecule has 3 aromatic carbocycles. The van der Waals surface area contributed by atoms with Gasteiger partial charge in [-0.2, -0.15) is 0 Å². The quantitative estimate of drug-likeness (QED) is 0.432. The van der Waals surface area contributed by atoms with Crippen LogP contribution in [0.25, 0.3) is 0 Å². The summed E-state index contributed by atoms with van der Waals surface area (Å²) in [5.74, 6) is 2.33. The number of hydrogen-bond donors (Lipinski definition) is 2. The van der Waals surface area contributed by atoms with Gasteiger partial charge < -0.3 is 24.8 Å². The van der Waals surface area contributed by atoms with Crippen molar-refractivity contribution in [2.24, 2.45) is 0 Å². The van der Waals surface area contributed by atoms with E-state index < -0.39 is 0 Å². The molecule has 0 saturated carbocycles. The summed E-state index contributed by atoms with van der Waals surface area (Å²) in [5, 5.41) is 7.21. The molecule has 1 aliphatic carbocycles. The van der Waals surface area contributed by atoms with Crippen LogP contribution in [0.15, 0.2) is 76.4 Å². The van der Waals surface area contributed by atoms with Gasteiger partial charge in [-0.15, -0.1) is 0 Å². The van der Waals surface area contributed by atoms with Crippen molar-refractivity contribution in [2.75, 3.05) is 24.5 Å². The molecule has 0 saturated heterocycles. The smallest absolute Gasteiger partial charge is 0.231 e. The van der Waals surface area contributed by atoms with Crippen LogP contribution in [-0.2, 0) is 4.79 Å². The zero-order chi connectivity index (χ0) is 23.2. The summed E-state index contributed by atoms with van der Waals surface area (Å²) in [5.41, 5.74) is 5.55. The van der Waals surface area contributed by atoms with Gasteiger partial charge in [-0.05, 0) is 47.9 Å². The normalized spacial score (nSPS) is 20.6. The molecule has 3 aromatic rings. The van der Waals surface area contributed by atoms with E-state index in [0.29, 0.717) is 24.3 Å². The van der Waals surface area contributed by atoms with E-state index in [-0.39, 0.29) is 24.5 Å². The predicted molar refractivity (Wildman–Crippen MR) is 134 cm³/mol. The zero-order valence-corrected chi connectivity index (χ0v) is 20.1. The average molecular weight is 519 g/mol. The van der Waals surface area contributed by atoms with Gasteiger partial charge in [0.1, 0.15) is 5.75 Å². The van der Waals surface area contributed by atoms with Crippen molar-refractivity contribution >= 4 is 33.1 Å². The number of carbonyl (C=O) groups is 1. The molecule has 6 nitrogen and oxygen atoms in total. The summed E-state index contributed by atoms with van der Waals surface area (Å²) in [7, 11) is 1.67. The van der Waals surface area contributed by atoms with Crippen molar-refractivity contribution in [1.82, 2.24) is 0 Å². The van der Waals surface area contributed by atoms with Gasteiger partial charge in [-0.25, -0.2) is 0 Å². The number of Topliss-reactive ketones (excluding diaryl/α,β-unsaturated/α-hetero) is 1. The van der Waals surface area contributed by atoms with Gasteiger partial charge in [0.05, 0.1) is 24.5 Å². The van der Waals surface area contributed by atoms with Crippen LogP contribution >= 0.6 is 15.9 Å². The third-order valence-electron chi connectivity index (χ3n) is 6.69. The molecular formula is C27H23BrN2O4. The maximum absolute atomic E-state index is 13.8. The summed E-state index contributed by atoms with van der Waals surface area (Å²) in [6, 6.07) is 19.5. The fourth-order valence-electron chi connectivity index (χ4n) is 5.10. The van der Waals surface area contributed by atoms with Crippen molar-refractivity contribution in [1.29, 1.82) is 0 Å². The minimum absolute atomic E-state index is 0.0287. The molecular weight excluding hydrogens is 496 g/mol. The van der Waals surface area contributed by atoms with Gasteiger partial charge in [0.25, 0.3) is 0 Å². The van der Waals surface area contributed by atoms with Crippen LogP contribution in [0.3, 0.4) is 0 Å². The van der Waals surface area contributed by atoms with Gasteiger partial charge in [-0.3, -0.25) is 4.79 Å². The predicted octanol–water partition coefficient (Wildman–Crippen LogP) is 6.17. The standard InChI is InChI=1S/C27H23BrN2O4/c1-32-23-9-5-2-6-16(23)15-10-21-26(22(31)11-15)27(30-20-8-4-3-7-19(20)29-21)17-12-24-25(13-18(17)28)34-14-33-24/h2-9,12-13,15,27,29-30H,10-11,14H2,1H3. The third kappa shape index (κ3) is 3.51. The molecule has 0 bridgehead atoms. The van der Waals surface area contributed by atoms with Gasteiger partial charge >= 0.3 is 0 Å². The number of benzene rings is 3. The first-order valence-corrected chi connectivity index (χ1v) is 12.0. The second-order valence-electron chi connectivity index (χ2n) is 8.64. The van der Waals surface area contributed by atoms with Gasteiger partial charge in [0.2, 0.25) is 6.79 Å².